The molecule has 1 aromatic heterocycles. The lowest BCUT2D eigenvalue weighted by Crippen LogP contribution is -2.25. The summed E-state index contributed by atoms with van der Waals surface area (Å²) in [6, 6.07) is 12.4. The lowest BCUT2D eigenvalue weighted by molar-refractivity contribution is 0.0749. The number of aromatic nitrogens is 2. The van der Waals surface area contributed by atoms with Crippen LogP contribution in [-0.4, -0.2) is 34.2 Å². The highest BCUT2D eigenvalue weighted by atomic mass is 16.5. The highest BCUT2D eigenvalue weighted by molar-refractivity contribution is 5.99. The maximum atomic E-state index is 12.8. The number of amides is 1. The van der Waals surface area contributed by atoms with E-state index in [2.05, 4.69) is 34.5 Å². The fourth-order valence-electron chi connectivity index (χ4n) is 3.76. The van der Waals surface area contributed by atoms with Crippen LogP contribution in [0.15, 0.2) is 48.7 Å². The summed E-state index contributed by atoms with van der Waals surface area (Å²) >= 11 is 0. The summed E-state index contributed by atoms with van der Waals surface area (Å²) < 4.78 is 5.39. The predicted octanol–water partition coefficient (Wildman–Crippen LogP) is 3.52. The Hall–Kier alpha value is -2.92. The second kappa shape index (κ2) is 6.11. The Kier molecular flexibility index (Phi) is 3.60. The van der Waals surface area contributed by atoms with Crippen LogP contribution in [0.25, 0.3) is 16.3 Å². The molecule has 5 nitrogen and oxygen atoms in total. The first-order valence-electron chi connectivity index (χ1n) is 8.89. The molecule has 5 heteroatoms. The third-order valence-corrected chi connectivity index (χ3v) is 5.23. The summed E-state index contributed by atoms with van der Waals surface area (Å²) in [5, 5.41) is 9.23. The van der Waals surface area contributed by atoms with Gasteiger partial charge in [-0.15, -0.1) is 0 Å². The fraction of sp³-hybridized carbons (Fsp3) is 0.238. The Balaban J connectivity index is 1.42. The van der Waals surface area contributed by atoms with E-state index >= 15 is 0 Å². The van der Waals surface area contributed by atoms with Gasteiger partial charge >= 0.3 is 0 Å². The van der Waals surface area contributed by atoms with Crippen molar-refractivity contribution in [2.75, 3.05) is 13.2 Å². The highest BCUT2D eigenvalue weighted by Crippen LogP contribution is 2.27. The summed E-state index contributed by atoms with van der Waals surface area (Å²) in [6.07, 6.45) is 4.90. The van der Waals surface area contributed by atoms with Crippen molar-refractivity contribution in [2.45, 2.75) is 19.5 Å². The molecular weight excluding hydrogens is 326 g/mol. The molecule has 2 aliphatic rings. The number of carbonyl (C=O) groups excluding carboxylic acids is 1. The standard InChI is InChI=1S/C21H19N3O2/c25-21(24-12-19-11-22-23-20(19)13-24)18-4-3-16-9-15(1-2-17(16)10-18)14-5-7-26-8-6-14/h1-5,9-11H,6-8,12-13H2,(H,22,23). The van der Waals surface area contributed by atoms with E-state index in [-0.39, 0.29) is 5.91 Å². The maximum absolute atomic E-state index is 12.8. The minimum atomic E-state index is 0.0627. The molecule has 0 saturated heterocycles. The van der Waals surface area contributed by atoms with Crippen LogP contribution in [0, 0.1) is 0 Å². The number of hydrogen-bond acceptors (Lipinski definition) is 3. The van der Waals surface area contributed by atoms with Gasteiger partial charge in [0.25, 0.3) is 5.91 Å². The van der Waals surface area contributed by atoms with Crippen molar-refractivity contribution in [2.24, 2.45) is 0 Å². The number of nitrogens with zero attached hydrogens (tertiary/aromatic N) is 2. The minimum absolute atomic E-state index is 0.0627. The lowest BCUT2D eigenvalue weighted by Gasteiger charge is -2.16. The second-order valence-electron chi connectivity index (χ2n) is 6.87. The number of fused-ring (bicyclic) bond motifs is 2. The summed E-state index contributed by atoms with van der Waals surface area (Å²) in [5.41, 5.74) is 5.45. The van der Waals surface area contributed by atoms with Gasteiger partial charge in [0.05, 0.1) is 31.6 Å². The van der Waals surface area contributed by atoms with Gasteiger partial charge in [-0.3, -0.25) is 9.89 Å². The minimum Gasteiger partial charge on any atom is -0.377 e. The van der Waals surface area contributed by atoms with Gasteiger partial charge < -0.3 is 9.64 Å². The Morgan fingerprint density at radius 3 is 2.85 bits per heavy atom. The number of benzene rings is 2. The molecular formula is C21H19N3O2. The molecule has 0 saturated carbocycles. The number of nitrogens with one attached hydrogen (secondary N) is 1. The molecule has 0 atom stereocenters. The van der Waals surface area contributed by atoms with E-state index in [1.165, 1.54) is 11.1 Å². The largest absolute Gasteiger partial charge is 0.377 e. The lowest BCUT2D eigenvalue weighted by atomic mass is 9.97. The van der Waals surface area contributed by atoms with Gasteiger partial charge in [0.2, 0.25) is 0 Å². The third kappa shape index (κ3) is 2.61. The van der Waals surface area contributed by atoms with E-state index in [9.17, 15) is 4.79 Å². The van der Waals surface area contributed by atoms with Crippen LogP contribution in [0.1, 0.15) is 33.6 Å². The SMILES string of the molecule is O=C(c1ccc2cc(C3=CCOCC3)ccc2c1)N1Cc2cn[nH]c2C1. The summed E-state index contributed by atoms with van der Waals surface area (Å²) in [5.74, 6) is 0.0627. The topological polar surface area (TPSA) is 58.2 Å². The normalized spacial score (nSPS) is 16.6. The summed E-state index contributed by atoms with van der Waals surface area (Å²) in [7, 11) is 0. The van der Waals surface area contributed by atoms with Crippen LogP contribution in [0.4, 0.5) is 0 Å². The van der Waals surface area contributed by atoms with Gasteiger partial charge in [-0.25, -0.2) is 0 Å². The van der Waals surface area contributed by atoms with E-state index in [4.69, 9.17) is 4.74 Å². The predicted molar refractivity (Wildman–Crippen MR) is 99.5 cm³/mol. The monoisotopic (exact) mass is 345 g/mol. The number of ether oxygens (including phenoxy) is 1. The Morgan fingerprint density at radius 2 is 2.00 bits per heavy atom. The van der Waals surface area contributed by atoms with Crippen LogP contribution in [0.2, 0.25) is 0 Å². The van der Waals surface area contributed by atoms with Gasteiger partial charge in [-0.1, -0.05) is 24.3 Å². The van der Waals surface area contributed by atoms with Crippen LogP contribution in [0.5, 0.6) is 0 Å². The number of rotatable bonds is 2. The van der Waals surface area contributed by atoms with Crippen LogP contribution in [-0.2, 0) is 17.8 Å². The van der Waals surface area contributed by atoms with Crippen molar-refractivity contribution >= 4 is 22.3 Å². The molecule has 0 fully saturated rings. The van der Waals surface area contributed by atoms with E-state index in [0.717, 1.165) is 40.6 Å². The highest BCUT2D eigenvalue weighted by Gasteiger charge is 2.25. The van der Waals surface area contributed by atoms with Crippen molar-refractivity contribution in [1.29, 1.82) is 0 Å². The average molecular weight is 345 g/mol. The molecule has 0 radical (unpaired) electrons. The first-order valence-corrected chi connectivity index (χ1v) is 8.89. The van der Waals surface area contributed by atoms with Crippen molar-refractivity contribution < 1.29 is 9.53 Å². The molecule has 3 heterocycles. The first kappa shape index (κ1) is 15.3. The van der Waals surface area contributed by atoms with Gasteiger partial charge in [0, 0.05) is 17.7 Å². The van der Waals surface area contributed by atoms with Crippen molar-refractivity contribution in [3.8, 4) is 0 Å². The average Bonchev–Trinajstić information content (AvgIpc) is 3.29. The summed E-state index contributed by atoms with van der Waals surface area (Å²) in [4.78, 5) is 14.7. The number of H-pyrrole nitrogens is 1. The zero-order valence-electron chi connectivity index (χ0n) is 14.4. The molecule has 0 aliphatic carbocycles. The number of hydrogen-bond donors (Lipinski definition) is 1. The second-order valence-corrected chi connectivity index (χ2v) is 6.87. The quantitative estimate of drug-likeness (QED) is 0.773. The Bertz CT molecular complexity index is 1010. The molecule has 2 aromatic carbocycles. The molecule has 130 valence electrons. The van der Waals surface area contributed by atoms with Crippen molar-refractivity contribution in [3.05, 3.63) is 71.1 Å². The molecule has 5 rings (SSSR count). The molecule has 0 unspecified atom stereocenters. The van der Waals surface area contributed by atoms with Crippen LogP contribution in [0.3, 0.4) is 0 Å². The maximum Gasteiger partial charge on any atom is 0.254 e. The zero-order chi connectivity index (χ0) is 17.5. The van der Waals surface area contributed by atoms with E-state index < -0.39 is 0 Å². The van der Waals surface area contributed by atoms with E-state index in [1.54, 1.807) is 6.20 Å². The van der Waals surface area contributed by atoms with Gasteiger partial charge in [0.15, 0.2) is 0 Å². The molecule has 2 aliphatic heterocycles. The van der Waals surface area contributed by atoms with Crippen molar-refractivity contribution in [1.82, 2.24) is 15.1 Å². The van der Waals surface area contributed by atoms with E-state index in [1.807, 2.05) is 23.1 Å². The molecule has 1 N–H and O–H groups in total. The van der Waals surface area contributed by atoms with Crippen LogP contribution >= 0.6 is 0 Å². The van der Waals surface area contributed by atoms with Crippen LogP contribution < -0.4 is 0 Å². The van der Waals surface area contributed by atoms with Gasteiger partial charge in [0.1, 0.15) is 0 Å². The molecule has 26 heavy (non-hydrogen) atoms. The fourth-order valence-corrected chi connectivity index (χ4v) is 3.76. The zero-order valence-corrected chi connectivity index (χ0v) is 14.4. The molecule has 1 amide bonds. The number of aromatic amines is 1. The van der Waals surface area contributed by atoms with Crippen molar-refractivity contribution in [3.63, 3.8) is 0 Å². The third-order valence-electron chi connectivity index (χ3n) is 5.23. The summed E-state index contributed by atoms with van der Waals surface area (Å²) in [6.45, 7) is 2.69. The van der Waals surface area contributed by atoms with Gasteiger partial charge in [-0.05, 0) is 46.5 Å². The molecule has 3 aromatic rings. The number of carbonyl (C=O) groups is 1. The Morgan fingerprint density at radius 1 is 1.12 bits per heavy atom. The van der Waals surface area contributed by atoms with Gasteiger partial charge in [-0.2, -0.15) is 5.10 Å². The first-order chi connectivity index (χ1) is 12.8. The molecule has 0 bridgehead atoms. The van der Waals surface area contributed by atoms with E-state index in [0.29, 0.717) is 19.7 Å². The molecule has 0 spiro atoms. The smallest absolute Gasteiger partial charge is 0.254 e. The Labute approximate surface area is 151 Å².